The Morgan fingerprint density at radius 3 is 2.75 bits per heavy atom. The molecule has 114 valence electrons. The molecule has 0 saturated carbocycles. The molecule has 1 amide bonds. The Hall–Kier alpha value is -1.04. The van der Waals surface area contributed by atoms with Gasteiger partial charge in [0, 0.05) is 18.8 Å². The number of amides is 1. The van der Waals surface area contributed by atoms with E-state index >= 15 is 0 Å². The summed E-state index contributed by atoms with van der Waals surface area (Å²) in [5, 5.41) is 6.76. The third-order valence-electron chi connectivity index (χ3n) is 3.26. The first-order valence-corrected chi connectivity index (χ1v) is 6.49. The standard InChI is InChI=1S/C13H20N4O.2ClH/c14-13(18)10-4-5-12(17-9-10)16-8-6-11-3-1-2-7-15-11;;/h4-5,9,11,15H,1-3,6-8H2,(H2,14,18)(H,16,17);2*1H. The fourth-order valence-electron chi connectivity index (χ4n) is 2.19. The minimum atomic E-state index is -0.444. The van der Waals surface area contributed by atoms with Crippen LogP contribution in [0.4, 0.5) is 5.82 Å². The summed E-state index contributed by atoms with van der Waals surface area (Å²) in [4.78, 5) is 15.0. The fourth-order valence-corrected chi connectivity index (χ4v) is 2.19. The molecule has 1 unspecified atom stereocenters. The Labute approximate surface area is 131 Å². The molecular weight excluding hydrogens is 299 g/mol. The second-order valence-electron chi connectivity index (χ2n) is 4.66. The molecule has 4 N–H and O–H groups in total. The number of pyridine rings is 1. The van der Waals surface area contributed by atoms with Gasteiger partial charge in [0.05, 0.1) is 5.56 Å². The number of rotatable bonds is 5. The average molecular weight is 321 g/mol. The summed E-state index contributed by atoms with van der Waals surface area (Å²) in [5.41, 5.74) is 5.59. The molecule has 2 rings (SSSR count). The lowest BCUT2D eigenvalue weighted by atomic mass is 10.0. The highest BCUT2D eigenvalue weighted by Crippen LogP contribution is 2.10. The van der Waals surface area contributed by atoms with E-state index in [1.165, 1.54) is 25.5 Å². The molecule has 0 aromatic carbocycles. The van der Waals surface area contributed by atoms with Crippen molar-refractivity contribution >= 4 is 36.5 Å². The highest BCUT2D eigenvalue weighted by atomic mass is 35.5. The van der Waals surface area contributed by atoms with Gasteiger partial charge in [-0.05, 0) is 37.9 Å². The first-order chi connectivity index (χ1) is 8.75. The Balaban J connectivity index is 0.00000180. The lowest BCUT2D eigenvalue weighted by molar-refractivity contribution is 0.1000. The minimum Gasteiger partial charge on any atom is -0.370 e. The third-order valence-corrected chi connectivity index (χ3v) is 3.26. The summed E-state index contributed by atoms with van der Waals surface area (Å²) < 4.78 is 0. The molecule has 1 atom stereocenters. The van der Waals surface area contributed by atoms with Crippen LogP contribution in [0, 0.1) is 0 Å². The van der Waals surface area contributed by atoms with E-state index < -0.39 is 5.91 Å². The number of nitrogens with zero attached hydrogens (tertiary/aromatic N) is 1. The molecule has 5 nitrogen and oxygen atoms in total. The summed E-state index contributed by atoms with van der Waals surface area (Å²) in [5.74, 6) is 0.344. The Bertz CT molecular complexity index is 394. The molecule has 0 bridgehead atoms. The van der Waals surface area contributed by atoms with E-state index in [2.05, 4.69) is 15.6 Å². The largest absolute Gasteiger partial charge is 0.370 e. The van der Waals surface area contributed by atoms with Gasteiger partial charge >= 0.3 is 0 Å². The van der Waals surface area contributed by atoms with Crippen molar-refractivity contribution in [3.05, 3.63) is 23.9 Å². The number of nitrogens with one attached hydrogen (secondary N) is 2. The van der Waals surface area contributed by atoms with Crippen LogP contribution in [0.2, 0.25) is 0 Å². The van der Waals surface area contributed by atoms with E-state index in [9.17, 15) is 4.79 Å². The molecule has 0 spiro atoms. The fraction of sp³-hybridized carbons (Fsp3) is 0.538. The van der Waals surface area contributed by atoms with Gasteiger partial charge in [-0.15, -0.1) is 24.8 Å². The Morgan fingerprint density at radius 1 is 1.40 bits per heavy atom. The number of aromatic nitrogens is 1. The van der Waals surface area contributed by atoms with Crippen molar-refractivity contribution < 1.29 is 4.79 Å². The maximum Gasteiger partial charge on any atom is 0.250 e. The number of anilines is 1. The molecule has 7 heteroatoms. The van der Waals surface area contributed by atoms with Crippen molar-refractivity contribution in [1.29, 1.82) is 0 Å². The van der Waals surface area contributed by atoms with Crippen LogP contribution in [0.15, 0.2) is 18.3 Å². The van der Waals surface area contributed by atoms with Gasteiger partial charge in [0.25, 0.3) is 0 Å². The maximum atomic E-state index is 10.9. The van der Waals surface area contributed by atoms with E-state index in [-0.39, 0.29) is 24.8 Å². The number of hydrogen-bond acceptors (Lipinski definition) is 4. The van der Waals surface area contributed by atoms with Gasteiger partial charge in [-0.2, -0.15) is 0 Å². The van der Waals surface area contributed by atoms with Crippen LogP contribution >= 0.6 is 24.8 Å². The lowest BCUT2D eigenvalue weighted by Gasteiger charge is -2.23. The molecule has 1 aliphatic heterocycles. The molecule has 1 aliphatic rings. The van der Waals surface area contributed by atoms with Crippen LogP contribution in [0.3, 0.4) is 0 Å². The highest BCUT2D eigenvalue weighted by molar-refractivity contribution is 5.92. The number of carbonyl (C=O) groups is 1. The molecule has 1 saturated heterocycles. The van der Waals surface area contributed by atoms with Crippen molar-refractivity contribution in [2.75, 3.05) is 18.4 Å². The summed E-state index contributed by atoms with van der Waals surface area (Å²) in [6.45, 7) is 2.02. The zero-order valence-electron chi connectivity index (χ0n) is 11.3. The van der Waals surface area contributed by atoms with Crippen LogP contribution < -0.4 is 16.4 Å². The monoisotopic (exact) mass is 320 g/mol. The molecule has 2 heterocycles. The van der Waals surface area contributed by atoms with E-state index in [0.29, 0.717) is 11.6 Å². The third kappa shape index (κ3) is 5.94. The predicted molar refractivity (Wildman–Crippen MR) is 86.0 cm³/mol. The molecular formula is C13H22Cl2N4O. The topological polar surface area (TPSA) is 80.0 Å². The number of halogens is 2. The Kier molecular flexibility index (Phi) is 9.29. The van der Waals surface area contributed by atoms with Gasteiger partial charge in [-0.1, -0.05) is 6.42 Å². The van der Waals surface area contributed by atoms with Gasteiger partial charge in [0.2, 0.25) is 5.91 Å². The van der Waals surface area contributed by atoms with Crippen molar-refractivity contribution in [2.24, 2.45) is 5.73 Å². The zero-order valence-corrected chi connectivity index (χ0v) is 12.9. The van der Waals surface area contributed by atoms with Crippen LogP contribution in [-0.4, -0.2) is 30.0 Å². The first kappa shape index (κ1) is 19.0. The molecule has 1 aromatic heterocycles. The normalized spacial score (nSPS) is 17.5. The van der Waals surface area contributed by atoms with E-state index in [4.69, 9.17) is 5.73 Å². The van der Waals surface area contributed by atoms with Crippen LogP contribution in [-0.2, 0) is 0 Å². The first-order valence-electron chi connectivity index (χ1n) is 6.49. The molecule has 0 aliphatic carbocycles. The van der Waals surface area contributed by atoms with E-state index in [1.807, 2.05) is 0 Å². The quantitative estimate of drug-likeness (QED) is 0.774. The van der Waals surface area contributed by atoms with Crippen LogP contribution in [0.25, 0.3) is 0 Å². The van der Waals surface area contributed by atoms with Gasteiger partial charge in [-0.25, -0.2) is 4.98 Å². The summed E-state index contributed by atoms with van der Waals surface area (Å²) in [6.07, 6.45) is 6.47. The van der Waals surface area contributed by atoms with Crippen molar-refractivity contribution in [2.45, 2.75) is 31.7 Å². The lowest BCUT2D eigenvalue weighted by Crippen LogP contribution is -2.35. The molecule has 20 heavy (non-hydrogen) atoms. The van der Waals surface area contributed by atoms with Gasteiger partial charge in [0.1, 0.15) is 5.82 Å². The van der Waals surface area contributed by atoms with Crippen molar-refractivity contribution in [3.8, 4) is 0 Å². The smallest absolute Gasteiger partial charge is 0.250 e. The highest BCUT2D eigenvalue weighted by Gasteiger charge is 2.11. The number of piperidine rings is 1. The van der Waals surface area contributed by atoms with Crippen molar-refractivity contribution in [3.63, 3.8) is 0 Å². The maximum absolute atomic E-state index is 10.9. The molecule has 1 fully saturated rings. The minimum absolute atomic E-state index is 0. The summed E-state index contributed by atoms with van der Waals surface area (Å²) in [6, 6.07) is 4.10. The number of hydrogen-bond donors (Lipinski definition) is 3. The van der Waals surface area contributed by atoms with E-state index in [1.54, 1.807) is 12.1 Å². The second-order valence-corrected chi connectivity index (χ2v) is 4.66. The Morgan fingerprint density at radius 2 is 2.20 bits per heavy atom. The van der Waals surface area contributed by atoms with Gasteiger partial charge in [-0.3, -0.25) is 4.79 Å². The SMILES string of the molecule is Cl.Cl.NC(=O)c1ccc(NCCC2CCCCN2)nc1. The van der Waals surface area contributed by atoms with E-state index in [0.717, 1.165) is 25.3 Å². The summed E-state index contributed by atoms with van der Waals surface area (Å²) in [7, 11) is 0. The molecule has 1 aromatic rings. The summed E-state index contributed by atoms with van der Waals surface area (Å²) >= 11 is 0. The van der Waals surface area contributed by atoms with Crippen LogP contribution in [0.1, 0.15) is 36.0 Å². The van der Waals surface area contributed by atoms with Gasteiger partial charge < -0.3 is 16.4 Å². The number of primary amides is 1. The van der Waals surface area contributed by atoms with Crippen molar-refractivity contribution in [1.82, 2.24) is 10.3 Å². The average Bonchev–Trinajstić information content (AvgIpc) is 2.40. The second kappa shape index (κ2) is 9.80. The zero-order chi connectivity index (χ0) is 12.8. The van der Waals surface area contributed by atoms with Crippen LogP contribution in [0.5, 0.6) is 0 Å². The molecule has 0 radical (unpaired) electrons. The number of carbonyl (C=O) groups excluding carboxylic acids is 1. The van der Waals surface area contributed by atoms with Gasteiger partial charge in [0.15, 0.2) is 0 Å². The number of nitrogens with two attached hydrogens (primary N) is 1. The predicted octanol–water partition coefficient (Wildman–Crippen LogP) is 1.97.